The van der Waals surface area contributed by atoms with E-state index in [0.29, 0.717) is 17.5 Å². The van der Waals surface area contributed by atoms with Crippen molar-refractivity contribution < 1.29 is 19.1 Å². The number of carbonyl (C=O) groups excluding carboxylic acids is 3. The molecule has 5 nitrogen and oxygen atoms in total. The number of ether oxygens (including phenoxy) is 1. The lowest BCUT2D eigenvalue weighted by molar-refractivity contribution is -0.132. The highest BCUT2D eigenvalue weighted by Crippen LogP contribution is 2.65. The number of hydrogen-bond donors (Lipinski definition) is 0. The second-order valence-electron chi connectivity index (χ2n) is 7.23. The lowest BCUT2D eigenvalue weighted by Crippen LogP contribution is -2.40. The van der Waals surface area contributed by atoms with E-state index in [0.717, 1.165) is 6.42 Å². The first kappa shape index (κ1) is 14.0. The summed E-state index contributed by atoms with van der Waals surface area (Å²) in [6.07, 6.45) is 5.43. The summed E-state index contributed by atoms with van der Waals surface area (Å²) in [7, 11) is 0. The zero-order chi connectivity index (χ0) is 16.6. The molecule has 3 fully saturated rings. The van der Waals surface area contributed by atoms with Gasteiger partial charge in [0, 0.05) is 6.92 Å². The van der Waals surface area contributed by atoms with E-state index in [1.54, 1.807) is 24.3 Å². The van der Waals surface area contributed by atoms with Gasteiger partial charge >= 0.3 is 5.97 Å². The maximum atomic E-state index is 13.1. The minimum absolute atomic E-state index is 0.144. The molecule has 6 atom stereocenters. The highest BCUT2D eigenvalue weighted by Gasteiger charge is 2.67. The van der Waals surface area contributed by atoms with Crippen LogP contribution in [0.5, 0.6) is 5.75 Å². The first-order valence-corrected chi connectivity index (χ1v) is 8.41. The summed E-state index contributed by atoms with van der Waals surface area (Å²) >= 11 is 0. The minimum Gasteiger partial charge on any atom is -0.424 e. The Morgan fingerprint density at radius 3 is 2.21 bits per heavy atom. The lowest BCUT2D eigenvalue weighted by Gasteiger charge is -2.37. The monoisotopic (exact) mass is 323 g/mol. The molecule has 2 amide bonds. The van der Waals surface area contributed by atoms with E-state index >= 15 is 0 Å². The number of esters is 1. The van der Waals surface area contributed by atoms with E-state index in [-0.39, 0.29) is 41.2 Å². The molecule has 2 bridgehead atoms. The molecule has 1 saturated heterocycles. The summed E-state index contributed by atoms with van der Waals surface area (Å²) in [4.78, 5) is 38.7. The van der Waals surface area contributed by atoms with Gasteiger partial charge < -0.3 is 4.74 Å². The second-order valence-corrected chi connectivity index (χ2v) is 7.23. The van der Waals surface area contributed by atoms with E-state index in [1.165, 1.54) is 11.8 Å². The number of para-hydroxylation sites is 2. The SMILES string of the molecule is CC(=O)Oc1ccccc1N1C(=O)[C@H]2[C@@H]3C=C[C@@H]([C@H]4C[C@H]34)[C@@H]2C1=O. The number of imide groups is 1. The lowest BCUT2D eigenvalue weighted by atomic mass is 9.63. The van der Waals surface area contributed by atoms with Crippen molar-refractivity contribution in [1.82, 2.24) is 0 Å². The van der Waals surface area contributed by atoms with Crippen molar-refractivity contribution in [2.24, 2.45) is 35.5 Å². The number of amides is 2. The Kier molecular flexibility index (Phi) is 2.65. The maximum absolute atomic E-state index is 13.1. The topological polar surface area (TPSA) is 63.7 Å². The van der Waals surface area contributed by atoms with Gasteiger partial charge in [-0.15, -0.1) is 0 Å². The highest BCUT2D eigenvalue weighted by molar-refractivity contribution is 6.23. The Labute approximate surface area is 139 Å². The second kappa shape index (κ2) is 4.56. The Morgan fingerprint density at radius 1 is 1.04 bits per heavy atom. The maximum Gasteiger partial charge on any atom is 0.308 e. The van der Waals surface area contributed by atoms with Gasteiger partial charge in [0.2, 0.25) is 11.8 Å². The number of carbonyl (C=O) groups is 3. The van der Waals surface area contributed by atoms with E-state index in [4.69, 9.17) is 4.74 Å². The van der Waals surface area contributed by atoms with Gasteiger partial charge in [0.15, 0.2) is 5.75 Å². The fourth-order valence-corrected chi connectivity index (χ4v) is 5.08. The predicted octanol–water partition coefficient (Wildman–Crippen LogP) is 2.17. The van der Waals surface area contributed by atoms with Crippen LogP contribution in [-0.2, 0) is 14.4 Å². The van der Waals surface area contributed by atoms with Crippen molar-refractivity contribution in [2.75, 3.05) is 4.90 Å². The van der Waals surface area contributed by atoms with Gasteiger partial charge in [0.05, 0.1) is 17.5 Å². The number of hydrogen-bond acceptors (Lipinski definition) is 4. The van der Waals surface area contributed by atoms with Gasteiger partial charge in [0.25, 0.3) is 0 Å². The molecule has 1 aliphatic heterocycles. The molecule has 122 valence electrons. The van der Waals surface area contributed by atoms with Crippen molar-refractivity contribution >= 4 is 23.5 Å². The quantitative estimate of drug-likeness (QED) is 0.362. The summed E-state index contributed by atoms with van der Waals surface area (Å²) in [6, 6.07) is 6.75. The van der Waals surface area contributed by atoms with Crippen LogP contribution >= 0.6 is 0 Å². The Bertz CT molecular complexity index is 777. The smallest absolute Gasteiger partial charge is 0.308 e. The first-order chi connectivity index (χ1) is 11.6. The predicted molar refractivity (Wildman–Crippen MR) is 84.9 cm³/mol. The third-order valence-corrected chi connectivity index (χ3v) is 6.02. The van der Waals surface area contributed by atoms with Crippen LogP contribution in [0.25, 0.3) is 0 Å². The van der Waals surface area contributed by atoms with Crippen LogP contribution in [-0.4, -0.2) is 17.8 Å². The van der Waals surface area contributed by atoms with Crippen molar-refractivity contribution in [3.8, 4) is 5.75 Å². The van der Waals surface area contributed by atoms with Gasteiger partial charge in [0.1, 0.15) is 0 Å². The molecule has 2 saturated carbocycles. The number of anilines is 1. The molecule has 1 aromatic rings. The molecular formula is C19H17NO4. The van der Waals surface area contributed by atoms with Crippen molar-refractivity contribution in [3.63, 3.8) is 0 Å². The van der Waals surface area contributed by atoms with Gasteiger partial charge in [-0.1, -0.05) is 24.3 Å². The number of allylic oxidation sites excluding steroid dienone is 2. The molecule has 1 aromatic carbocycles. The van der Waals surface area contributed by atoms with E-state index < -0.39 is 5.97 Å². The van der Waals surface area contributed by atoms with Crippen LogP contribution in [0.2, 0.25) is 0 Å². The Balaban J connectivity index is 1.57. The summed E-state index contributed by atoms with van der Waals surface area (Å²) in [5, 5.41) is 0. The van der Waals surface area contributed by atoms with Crippen LogP contribution in [0.1, 0.15) is 13.3 Å². The Morgan fingerprint density at radius 2 is 1.62 bits per heavy atom. The summed E-state index contributed by atoms with van der Waals surface area (Å²) in [6.45, 7) is 1.31. The van der Waals surface area contributed by atoms with Gasteiger partial charge in [-0.3, -0.25) is 14.4 Å². The number of nitrogens with zero attached hydrogens (tertiary/aromatic N) is 1. The van der Waals surface area contributed by atoms with E-state index in [9.17, 15) is 14.4 Å². The molecule has 1 heterocycles. The summed E-state index contributed by atoms with van der Waals surface area (Å²) in [5.74, 6) is 0.521. The molecule has 4 aliphatic carbocycles. The molecule has 0 N–H and O–H groups in total. The highest BCUT2D eigenvalue weighted by atomic mass is 16.5. The van der Waals surface area contributed by atoms with E-state index in [2.05, 4.69) is 12.2 Å². The van der Waals surface area contributed by atoms with Crippen LogP contribution in [0.15, 0.2) is 36.4 Å². The molecule has 24 heavy (non-hydrogen) atoms. The molecule has 0 unspecified atom stereocenters. The molecule has 5 aliphatic rings. The fraction of sp³-hybridized carbons (Fsp3) is 0.421. The van der Waals surface area contributed by atoms with Gasteiger partial charge in [-0.2, -0.15) is 0 Å². The fourth-order valence-electron chi connectivity index (χ4n) is 5.08. The minimum atomic E-state index is -0.470. The first-order valence-electron chi connectivity index (χ1n) is 8.41. The largest absolute Gasteiger partial charge is 0.424 e. The summed E-state index contributed by atoms with van der Waals surface area (Å²) < 4.78 is 5.21. The molecule has 0 radical (unpaired) electrons. The van der Waals surface area contributed by atoms with Crippen molar-refractivity contribution in [1.29, 1.82) is 0 Å². The number of benzene rings is 1. The van der Waals surface area contributed by atoms with Crippen LogP contribution in [0.3, 0.4) is 0 Å². The van der Waals surface area contributed by atoms with Crippen molar-refractivity contribution in [2.45, 2.75) is 13.3 Å². The zero-order valence-corrected chi connectivity index (χ0v) is 13.2. The third-order valence-electron chi connectivity index (χ3n) is 6.02. The molecule has 0 spiro atoms. The average molecular weight is 323 g/mol. The Hall–Kier alpha value is -2.43. The average Bonchev–Trinajstić information content (AvgIpc) is 3.33. The molecular weight excluding hydrogens is 306 g/mol. The van der Waals surface area contributed by atoms with Crippen LogP contribution in [0, 0.1) is 35.5 Å². The summed E-state index contributed by atoms with van der Waals surface area (Å²) in [5.41, 5.74) is 0.380. The number of rotatable bonds is 2. The van der Waals surface area contributed by atoms with E-state index in [1.807, 2.05) is 0 Å². The van der Waals surface area contributed by atoms with Crippen molar-refractivity contribution in [3.05, 3.63) is 36.4 Å². The zero-order valence-electron chi connectivity index (χ0n) is 13.2. The normalized spacial score (nSPS) is 38.1. The van der Waals surface area contributed by atoms with Gasteiger partial charge in [-0.25, -0.2) is 4.90 Å². The molecule has 5 heteroatoms. The molecule has 6 rings (SSSR count). The van der Waals surface area contributed by atoms with Crippen LogP contribution < -0.4 is 9.64 Å². The molecule has 0 aromatic heterocycles. The third kappa shape index (κ3) is 1.67. The van der Waals surface area contributed by atoms with Gasteiger partial charge in [-0.05, 0) is 42.2 Å². The standard InChI is InChI=1S/C19H17NO4/c1-9(21)24-15-5-3-2-4-14(15)20-18(22)16-10-6-7-11(13-8-12(10)13)17(16)19(20)23/h2-7,10-13,16-17H,8H2,1H3/t10-,11+,12-,13-,16+,17+/m1/s1. The van der Waals surface area contributed by atoms with Crippen LogP contribution in [0.4, 0.5) is 5.69 Å².